The first-order valence-corrected chi connectivity index (χ1v) is 8.80. The van der Waals surface area contributed by atoms with Gasteiger partial charge in [0.25, 0.3) is 5.91 Å². The molecule has 2 amide bonds. The summed E-state index contributed by atoms with van der Waals surface area (Å²) < 4.78 is 5.14. The van der Waals surface area contributed by atoms with Gasteiger partial charge in [0.05, 0.1) is 12.8 Å². The van der Waals surface area contributed by atoms with Crippen LogP contribution in [0.5, 0.6) is 0 Å². The van der Waals surface area contributed by atoms with E-state index in [1.165, 1.54) is 22.5 Å². The fourth-order valence-electron chi connectivity index (χ4n) is 2.87. The van der Waals surface area contributed by atoms with Gasteiger partial charge < -0.3 is 19.7 Å². The van der Waals surface area contributed by atoms with Crippen molar-refractivity contribution in [3.8, 4) is 0 Å². The van der Waals surface area contributed by atoms with Gasteiger partial charge in [0.15, 0.2) is 5.76 Å². The molecule has 0 aliphatic carbocycles. The quantitative estimate of drug-likeness (QED) is 0.865. The summed E-state index contributed by atoms with van der Waals surface area (Å²) >= 11 is 1.49. The molecule has 2 aromatic rings. The lowest BCUT2D eigenvalue weighted by Gasteiger charge is -2.26. The van der Waals surface area contributed by atoms with Crippen LogP contribution >= 0.6 is 11.3 Å². The Bertz CT molecular complexity index is 694. The Hall–Kier alpha value is -2.12. The number of aliphatic hydroxyl groups is 1. The SMILES string of the molecule is C[C@@](O)(CNC(=O)[C@H]1CCCN1C(=O)c1ccco1)c1ccsc1. The van der Waals surface area contributed by atoms with Crippen molar-refractivity contribution < 1.29 is 19.1 Å². The molecule has 0 spiro atoms. The predicted octanol–water partition coefficient (Wildman–Crippen LogP) is 1.97. The number of likely N-dealkylation sites (tertiary alicyclic amines) is 1. The molecule has 2 aromatic heterocycles. The number of carbonyl (C=O) groups excluding carboxylic acids is 2. The van der Waals surface area contributed by atoms with E-state index in [0.29, 0.717) is 13.0 Å². The van der Waals surface area contributed by atoms with Gasteiger partial charge in [0.2, 0.25) is 5.91 Å². The van der Waals surface area contributed by atoms with E-state index < -0.39 is 11.6 Å². The minimum Gasteiger partial charge on any atom is -0.459 e. The molecule has 0 bridgehead atoms. The lowest BCUT2D eigenvalue weighted by Crippen LogP contribution is -2.48. The number of rotatable bonds is 5. The van der Waals surface area contributed by atoms with Crippen molar-refractivity contribution in [1.82, 2.24) is 10.2 Å². The molecule has 6 nitrogen and oxygen atoms in total. The minimum absolute atomic E-state index is 0.0991. The average Bonchev–Trinajstić information content (AvgIpc) is 3.34. The van der Waals surface area contributed by atoms with E-state index in [4.69, 9.17) is 4.42 Å². The van der Waals surface area contributed by atoms with Crippen molar-refractivity contribution in [3.05, 3.63) is 46.5 Å². The Kier molecular flexibility index (Phi) is 4.73. The summed E-state index contributed by atoms with van der Waals surface area (Å²) in [5, 5.41) is 17.0. The number of furan rings is 1. The van der Waals surface area contributed by atoms with Crippen molar-refractivity contribution in [1.29, 1.82) is 0 Å². The van der Waals surface area contributed by atoms with E-state index in [9.17, 15) is 14.7 Å². The molecule has 1 aliphatic heterocycles. The average molecular weight is 348 g/mol. The van der Waals surface area contributed by atoms with Crippen LogP contribution in [-0.4, -0.2) is 41.0 Å². The highest BCUT2D eigenvalue weighted by molar-refractivity contribution is 7.08. The summed E-state index contributed by atoms with van der Waals surface area (Å²) in [7, 11) is 0. The monoisotopic (exact) mass is 348 g/mol. The van der Waals surface area contributed by atoms with Crippen LogP contribution in [0.25, 0.3) is 0 Å². The van der Waals surface area contributed by atoms with Gasteiger partial charge in [-0.05, 0) is 54.3 Å². The summed E-state index contributed by atoms with van der Waals surface area (Å²) in [5.74, 6) is -0.287. The molecule has 1 fully saturated rings. The molecule has 7 heteroatoms. The van der Waals surface area contributed by atoms with Crippen molar-refractivity contribution in [2.45, 2.75) is 31.4 Å². The maximum absolute atomic E-state index is 12.5. The van der Waals surface area contributed by atoms with Crippen molar-refractivity contribution in [3.63, 3.8) is 0 Å². The van der Waals surface area contributed by atoms with Gasteiger partial charge in [0.1, 0.15) is 11.6 Å². The number of amides is 2. The molecule has 0 saturated carbocycles. The normalized spacial score (nSPS) is 19.9. The Labute approximate surface area is 144 Å². The summed E-state index contributed by atoms with van der Waals surface area (Å²) in [4.78, 5) is 26.5. The van der Waals surface area contributed by atoms with E-state index in [1.54, 1.807) is 19.1 Å². The molecule has 3 heterocycles. The molecule has 24 heavy (non-hydrogen) atoms. The summed E-state index contributed by atoms with van der Waals surface area (Å²) in [6, 6.07) is 4.55. The van der Waals surface area contributed by atoms with Crippen LogP contribution in [0.2, 0.25) is 0 Å². The summed E-state index contributed by atoms with van der Waals surface area (Å²) in [6.07, 6.45) is 2.82. The standard InChI is InChI=1S/C17H20N2O4S/c1-17(22,12-6-9-24-10-12)11-18-15(20)13-4-2-7-19(13)16(21)14-5-3-8-23-14/h3,5-6,8-10,13,22H,2,4,7,11H2,1H3,(H,18,20)/t13-,17-/m1/s1. The van der Waals surface area contributed by atoms with E-state index in [2.05, 4.69) is 5.32 Å². The van der Waals surface area contributed by atoms with Crippen LogP contribution in [0.1, 0.15) is 35.9 Å². The zero-order chi connectivity index (χ0) is 17.2. The van der Waals surface area contributed by atoms with Crippen LogP contribution in [-0.2, 0) is 10.4 Å². The molecule has 1 saturated heterocycles. The van der Waals surface area contributed by atoms with Crippen molar-refractivity contribution in [2.24, 2.45) is 0 Å². The molecule has 0 unspecified atom stereocenters. The Morgan fingerprint density at radius 1 is 1.50 bits per heavy atom. The Morgan fingerprint density at radius 2 is 2.33 bits per heavy atom. The van der Waals surface area contributed by atoms with Crippen molar-refractivity contribution in [2.75, 3.05) is 13.1 Å². The van der Waals surface area contributed by atoms with Crippen molar-refractivity contribution >= 4 is 23.2 Å². The van der Waals surface area contributed by atoms with E-state index >= 15 is 0 Å². The molecule has 3 rings (SSSR count). The van der Waals surface area contributed by atoms with Crippen LogP contribution in [0.15, 0.2) is 39.6 Å². The van der Waals surface area contributed by atoms with Gasteiger partial charge in [-0.25, -0.2) is 0 Å². The van der Waals surface area contributed by atoms with Gasteiger partial charge in [-0.15, -0.1) is 0 Å². The van der Waals surface area contributed by atoms with E-state index in [-0.39, 0.29) is 24.1 Å². The highest BCUT2D eigenvalue weighted by Gasteiger charge is 2.36. The highest BCUT2D eigenvalue weighted by atomic mass is 32.1. The number of carbonyl (C=O) groups is 2. The number of hydrogen-bond acceptors (Lipinski definition) is 5. The van der Waals surface area contributed by atoms with Crippen LogP contribution < -0.4 is 5.32 Å². The fourth-order valence-corrected chi connectivity index (χ4v) is 3.66. The number of nitrogens with zero attached hydrogens (tertiary/aromatic N) is 1. The number of thiophene rings is 1. The van der Waals surface area contributed by atoms with Crippen LogP contribution in [0.3, 0.4) is 0 Å². The largest absolute Gasteiger partial charge is 0.459 e. The van der Waals surface area contributed by atoms with Gasteiger partial charge in [-0.3, -0.25) is 9.59 Å². The molecule has 2 N–H and O–H groups in total. The maximum atomic E-state index is 12.5. The molecule has 1 aliphatic rings. The molecular formula is C17H20N2O4S. The summed E-state index contributed by atoms with van der Waals surface area (Å²) in [6.45, 7) is 2.29. The third-order valence-electron chi connectivity index (χ3n) is 4.30. The molecular weight excluding hydrogens is 328 g/mol. The van der Waals surface area contributed by atoms with Crippen LogP contribution in [0, 0.1) is 0 Å². The molecule has 0 radical (unpaired) electrons. The topological polar surface area (TPSA) is 82.8 Å². The number of nitrogens with one attached hydrogen (secondary N) is 1. The highest BCUT2D eigenvalue weighted by Crippen LogP contribution is 2.23. The number of hydrogen-bond donors (Lipinski definition) is 2. The molecule has 0 aromatic carbocycles. The zero-order valence-corrected chi connectivity index (χ0v) is 14.2. The molecule has 128 valence electrons. The third-order valence-corrected chi connectivity index (χ3v) is 4.98. The maximum Gasteiger partial charge on any atom is 0.290 e. The van der Waals surface area contributed by atoms with E-state index in [0.717, 1.165) is 12.0 Å². The Balaban J connectivity index is 1.63. The summed E-state index contributed by atoms with van der Waals surface area (Å²) in [5.41, 5.74) is -0.368. The first kappa shape index (κ1) is 16.7. The van der Waals surface area contributed by atoms with E-state index in [1.807, 2.05) is 16.8 Å². The smallest absolute Gasteiger partial charge is 0.290 e. The third kappa shape index (κ3) is 3.37. The minimum atomic E-state index is -1.13. The first-order valence-electron chi connectivity index (χ1n) is 7.86. The van der Waals surface area contributed by atoms with Gasteiger partial charge in [0, 0.05) is 6.54 Å². The second kappa shape index (κ2) is 6.78. The van der Waals surface area contributed by atoms with Crippen LogP contribution in [0.4, 0.5) is 0 Å². The first-order chi connectivity index (χ1) is 11.5. The fraction of sp³-hybridized carbons (Fsp3) is 0.412. The Morgan fingerprint density at radius 3 is 3.00 bits per heavy atom. The second-order valence-electron chi connectivity index (χ2n) is 6.14. The lowest BCUT2D eigenvalue weighted by molar-refractivity contribution is -0.126. The second-order valence-corrected chi connectivity index (χ2v) is 6.92. The molecule has 2 atom stereocenters. The van der Waals surface area contributed by atoms with Gasteiger partial charge in [-0.2, -0.15) is 11.3 Å². The predicted molar refractivity (Wildman–Crippen MR) is 89.7 cm³/mol. The lowest BCUT2D eigenvalue weighted by atomic mass is 9.99. The van der Waals surface area contributed by atoms with Gasteiger partial charge in [-0.1, -0.05) is 0 Å². The van der Waals surface area contributed by atoms with Gasteiger partial charge >= 0.3 is 0 Å². The zero-order valence-electron chi connectivity index (χ0n) is 13.4.